The summed E-state index contributed by atoms with van der Waals surface area (Å²) in [4.78, 5) is 2.46. The Morgan fingerprint density at radius 2 is 1.42 bits per heavy atom. The van der Waals surface area contributed by atoms with E-state index in [4.69, 9.17) is 0 Å². The first-order valence-electron chi connectivity index (χ1n) is 16.0. The highest BCUT2D eigenvalue weighted by Crippen LogP contribution is 2.51. The average molecular weight is 581 g/mol. The van der Waals surface area contributed by atoms with Crippen LogP contribution in [0, 0.1) is 0 Å². The zero-order valence-electron chi connectivity index (χ0n) is 25.6. The van der Waals surface area contributed by atoms with Crippen LogP contribution in [-0.4, -0.2) is 4.57 Å². The summed E-state index contributed by atoms with van der Waals surface area (Å²) in [6.45, 7) is 6.04. The van der Waals surface area contributed by atoms with E-state index in [1.54, 1.807) is 0 Å². The van der Waals surface area contributed by atoms with Crippen molar-refractivity contribution in [2.75, 3.05) is 4.90 Å². The second-order valence-electron chi connectivity index (χ2n) is 12.1. The largest absolute Gasteiger partial charge is 0.310 e. The van der Waals surface area contributed by atoms with Crippen LogP contribution in [0.4, 0.5) is 17.1 Å². The molecule has 1 aromatic heterocycles. The quantitative estimate of drug-likeness (QED) is 0.178. The summed E-state index contributed by atoms with van der Waals surface area (Å²) in [5, 5.41) is 1.31. The third kappa shape index (κ3) is 4.48. The molecule has 0 N–H and O–H groups in total. The molecule has 1 aliphatic carbocycles. The van der Waals surface area contributed by atoms with Gasteiger partial charge >= 0.3 is 0 Å². The number of anilines is 3. The van der Waals surface area contributed by atoms with Crippen LogP contribution in [0.1, 0.15) is 54.0 Å². The Labute approximate surface area is 265 Å². The molecule has 2 heteroatoms. The van der Waals surface area contributed by atoms with Crippen LogP contribution in [-0.2, 0) is 0 Å². The van der Waals surface area contributed by atoms with Crippen LogP contribution in [0.25, 0.3) is 33.8 Å². The average Bonchev–Trinajstić information content (AvgIpc) is 3.43. The summed E-state index contributed by atoms with van der Waals surface area (Å²) < 4.78 is 2.53. The van der Waals surface area contributed by atoms with Crippen LogP contribution in [0.15, 0.2) is 152 Å². The van der Waals surface area contributed by atoms with Crippen LogP contribution < -0.4 is 4.90 Å². The molecule has 0 fully saturated rings. The predicted octanol–water partition coefficient (Wildman–Crippen LogP) is 11.9. The van der Waals surface area contributed by atoms with Crippen LogP contribution in [0.2, 0.25) is 0 Å². The van der Waals surface area contributed by atoms with Crippen LogP contribution >= 0.6 is 0 Å². The number of rotatable bonds is 6. The first-order valence-corrected chi connectivity index (χ1v) is 16.0. The van der Waals surface area contributed by atoms with Gasteiger partial charge in [-0.3, -0.25) is 0 Å². The molecule has 2 aliphatic rings. The van der Waals surface area contributed by atoms with Crippen molar-refractivity contribution in [3.8, 4) is 16.8 Å². The summed E-state index contributed by atoms with van der Waals surface area (Å²) in [7, 11) is 0. The smallest absolute Gasteiger partial charge is 0.0702 e. The molecule has 0 radical (unpaired) electrons. The van der Waals surface area contributed by atoms with Gasteiger partial charge in [-0.05, 0) is 78.4 Å². The molecule has 6 aromatic rings. The Hall–Kier alpha value is -5.34. The molecule has 0 saturated heterocycles. The lowest BCUT2D eigenvalue weighted by atomic mass is 9.84. The zero-order chi connectivity index (χ0) is 30.3. The van der Waals surface area contributed by atoms with Gasteiger partial charge in [-0.25, -0.2) is 0 Å². The number of para-hydroxylation sites is 4. The number of hydrogen-bond donors (Lipinski definition) is 0. The molecule has 0 bridgehead atoms. The monoisotopic (exact) mass is 580 g/mol. The first-order chi connectivity index (χ1) is 22.3. The second-order valence-corrected chi connectivity index (χ2v) is 12.1. The SMILES string of the molecule is C=CCC(/C=C\C)c1ccc(-c2ccc(N3c4ccccc4C4CC=Cc5c4n(c4ccccc54)-c4ccccc43)cc2)cc1. The molecule has 218 valence electrons. The molecule has 5 aromatic carbocycles. The molecule has 1 aliphatic heterocycles. The number of nitrogens with zero attached hydrogens (tertiary/aromatic N) is 2. The summed E-state index contributed by atoms with van der Waals surface area (Å²) >= 11 is 0. The molecule has 2 heterocycles. The van der Waals surface area contributed by atoms with Gasteiger partial charge in [0.15, 0.2) is 0 Å². The van der Waals surface area contributed by atoms with E-state index in [1.165, 1.54) is 61.5 Å². The van der Waals surface area contributed by atoms with Gasteiger partial charge in [0.05, 0.1) is 22.6 Å². The lowest BCUT2D eigenvalue weighted by Gasteiger charge is -2.36. The van der Waals surface area contributed by atoms with Gasteiger partial charge in [0.1, 0.15) is 0 Å². The van der Waals surface area contributed by atoms with Gasteiger partial charge in [0.2, 0.25) is 0 Å². The Balaban J connectivity index is 1.27. The molecule has 0 spiro atoms. The Morgan fingerprint density at radius 3 is 2.18 bits per heavy atom. The number of benzene rings is 5. The number of fused-ring (bicyclic) bond motifs is 7. The van der Waals surface area contributed by atoms with Crippen molar-refractivity contribution in [1.82, 2.24) is 4.57 Å². The van der Waals surface area contributed by atoms with Crippen molar-refractivity contribution in [3.05, 3.63) is 175 Å². The Morgan fingerprint density at radius 1 is 0.756 bits per heavy atom. The fraction of sp³-hybridized carbons (Fsp3) is 0.116. The third-order valence-corrected chi connectivity index (χ3v) is 9.50. The second kappa shape index (κ2) is 11.3. The highest BCUT2D eigenvalue weighted by Gasteiger charge is 2.33. The summed E-state index contributed by atoms with van der Waals surface area (Å²) in [5.74, 6) is 0.625. The molecule has 0 saturated carbocycles. The highest BCUT2D eigenvalue weighted by molar-refractivity contribution is 5.97. The molecule has 2 atom stereocenters. The molecule has 0 amide bonds. The maximum absolute atomic E-state index is 3.95. The van der Waals surface area contributed by atoms with E-state index in [9.17, 15) is 0 Å². The van der Waals surface area contributed by atoms with Crippen molar-refractivity contribution in [3.63, 3.8) is 0 Å². The van der Waals surface area contributed by atoms with E-state index in [-0.39, 0.29) is 5.92 Å². The first kappa shape index (κ1) is 27.2. The van der Waals surface area contributed by atoms with Gasteiger partial charge in [-0.2, -0.15) is 0 Å². The van der Waals surface area contributed by atoms with Crippen molar-refractivity contribution < 1.29 is 0 Å². The molecule has 2 unspecified atom stereocenters. The minimum Gasteiger partial charge on any atom is -0.310 e. The van der Waals surface area contributed by atoms with E-state index in [0.29, 0.717) is 5.92 Å². The minimum atomic E-state index is 0.259. The van der Waals surface area contributed by atoms with Gasteiger partial charge in [-0.1, -0.05) is 115 Å². The van der Waals surface area contributed by atoms with Crippen molar-refractivity contribution in [2.45, 2.75) is 31.6 Å². The van der Waals surface area contributed by atoms with Gasteiger partial charge < -0.3 is 9.47 Å². The molecular weight excluding hydrogens is 544 g/mol. The van der Waals surface area contributed by atoms with Crippen LogP contribution in [0.5, 0.6) is 0 Å². The lowest BCUT2D eigenvalue weighted by Crippen LogP contribution is -2.21. The molecule has 8 rings (SSSR count). The fourth-order valence-electron chi connectivity index (χ4n) is 7.47. The van der Waals surface area contributed by atoms with Gasteiger partial charge in [-0.15, -0.1) is 6.58 Å². The molecule has 45 heavy (non-hydrogen) atoms. The van der Waals surface area contributed by atoms with Crippen molar-refractivity contribution in [1.29, 1.82) is 0 Å². The maximum atomic E-state index is 3.95. The summed E-state index contributed by atoms with van der Waals surface area (Å²) in [6.07, 6.45) is 13.0. The fourth-order valence-corrected chi connectivity index (χ4v) is 7.47. The number of allylic oxidation sites excluding steroid dienone is 4. The Bertz CT molecular complexity index is 2090. The lowest BCUT2D eigenvalue weighted by molar-refractivity contribution is 0.758. The minimum absolute atomic E-state index is 0.259. The predicted molar refractivity (Wildman–Crippen MR) is 191 cm³/mol. The topological polar surface area (TPSA) is 8.17 Å². The van der Waals surface area contributed by atoms with E-state index >= 15 is 0 Å². The zero-order valence-corrected chi connectivity index (χ0v) is 25.6. The molecular formula is C43H36N2. The van der Waals surface area contributed by atoms with Crippen molar-refractivity contribution >= 4 is 34.0 Å². The van der Waals surface area contributed by atoms with E-state index in [0.717, 1.165) is 18.5 Å². The number of aromatic nitrogens is 1. The Kier molecular flexibility index (Phi) is 6.84. The van der Waals surface area contributed by atoms with E-state index in [1.807, 2.05) is 6.08 Å². The van der Waals surface area contributed by atoms with E-state index in [2.05, 4.69) is 169 Å². The van der Waals surface area contributed by atoms with Crippen molar-refractivity contribution in [2.24, 2.45) is 0 Å². The third-order valence-electron chi connectivity index (χ3n) is 9.50. The summed E-state index contributed by atoms with van der Waals surface area (Å²) in [6, 6.07) is 44.8. The van der Waals surface area contributed by atoms with Gasteiger partial charge in [0, 0.05) is 34.2 Å². The molecule has 2 nitrogen and oxygen atoms in total. The number of hydrogen-bond acceptors (Lipinski definition) is 1. The van der Waals surface area contributed by atoms with E-state index < -0.39 is 0 Å². The normalized spacial score (nSPS) is 15.7. The highest BCUT2D eigenvalue weighted by atomic mass is 15.2. The van der Waals surface area contributed by atoms with Crippen LogP contribution in [0.3, 0.4) is 0 Å². The van der Waals surface area contributed by atoms with Gasteiger partial charge in [0.25, 0.3) is 0 Å². The summed E-state index contributed by atoms with van der Waals surface area (Å²) in [5.41, 5.74) is 13.9. The standard InChI is InChI=1S/C43H36N2/c1-3-12-30(13-4-2)31-22-24-32(25-23-31)33-26-28-34(29-27-33)44-39-18-7-5-14-35(39)37-16-11-17-38-36-15-6-8-19-40(36)45(43(37)38)42-21-10-9-20-41(42)44/h3-11,13-15,17-30,37H,1,12,16H2,2H3/b13-4-. The maximum Gasteiger partial charge on any atom is 0.0702 e.